The van der Waals surface area contributed by atoms with Crippen LogP contribution in [0.2, 0.25) is 15.1 Å². The number of nitriles is 1. The molecule has 152 valence electrons. The number of halogens is 3. The third kappa shape index (κ3) is 4.71. The van der Waals surface area contributed by atoms with E-state index in [1.54, 1.807) is 12.3 Å². The lowest BCUT2D eigenvalue weighted by molar-refractivity contribution is 0.213. The van der Waals surface area contributed by atoms with Crippen molar-refractivity contribution >= 4 is 40.5 Å². The van der Waals surface area contributed by atoms with Crippen LogP contribution in [0.4, 0.5) is 5.69 Å². The van der Waals surface area contributed by atoms with Crippen molar-refractivity contribution in [3.8, 4) is 6.07 Å². The molecule has 2 aromatic carbocycles. The maximum absolute atomic E-state index is 8.97. The summed E-state index contributed by atoms with van der Waals surface area (Å²) in [7, 11) is 0. The molecule has 7 heteroatoms. The summed E-state index contributed by atoms with van der Waals surface area (Å²) in [4.78, 5) is 9.12. The molecule has 1 aromatic heterocycles. The Morgan fingerprint density at radius 3 is 2.40 bits per heavy atom. The third-order valence-electron chi connectivity index (χ3n) is 5.28. The molecule has 4 nitrogen and oxygen atoms in total. The molecule has 2 heterocycles. The minimum atomic E-state index is 0.105. The minimum Gasteiger partial charge on any atom is -0.361 e. The van der Waals surface area contributed by atoms with Gasteiger partial charge in [0.2, 0.25) is 0 Å². The van der Waals surface area contributed by atoms with Gasteiger partial charge in [-0.25, -0.2) is 0 Å². The summed E-state index contributed by atoms with van der Waals surface area (Å²) in [5, 5.41) is 10.9. The number of anilines is 1. The second-order valence-corrected chi connectivity index (χ2v) is 8.52. The summed E-state index contributed by atoms with van der Waals surface area (Å²) in [5.41, 5.74) is 3.65. The highest BCUT2D eigenvalue weighted by Gasteiger charge is 2.30. The van der Waals surface area contributed by atoms with Crippen molar-refractivity contribution in [3.05, 3.63) is 92.7 Å². The Balaban J connectivity index is 1.60. The van der Waals surface area contributed by atoms with E-state index in [4.69, 9.17) is 40.1 Å². The predicted octanol–water partition coefficient (Wildman–Crippen LogP) is 5.98. The minimum absolute atomic E-state index is 0.105. The highest BCUT2D eigenvalue weighted by atomic mass is 35.5. The van der Waals surface area contributed by atoms with Gasteiger partial charge in [-0.15, -0.1) is 0 Å². The van der Waals surface area contributed by atoms with Crippen LogP contribution in [-0.2, 0) is 6.54 Å². The fourth-order valence-corrected chi connectivity index (χ4v) is 4.41. The Kier molecular flexibility index (Phi) is 6.46. The monoisotopic (exact) mass is 456 g/mol. The Bertz CT molecular complexity index is 1060. The van der Waals surface area contributed by atoms with Crippen LogP contribution in [0.15, 0.2) is 60.8 Å². The van der Waals surface area contributed by atoms with Gasteiger partial charge in [0.15, 0.2) is 0 Å². The van der Waals surface area contributed by atoms with E-state index in [1.807, 2.05) is 36.4 Å². The average Bonchev–Trinajstić information content (AvgIpc) is 2.75. The summed E-state index contributed by atoms with van der Waals surface area (Å²) < 4.78 is 0. The van der Waals surface area contributed by atoms with Crippen LogP contribution in [-0.4, -0.2) is 29.5 Å². The van der Waals surface area contributed by atoms with E-state index in [-0.39, 0.29) is 6.04 Å². The lowest BCUT2D eigenvalue weighted by Crippen LogP contribution is -2.48. The quantitative estimate of drug-likeness (QED) is 0.483. The summed E-state index contributed by atoms with van der Waals surface area (Å²) >= 11 is 18.8. The Morgan fingerprint density at radius 2 is 1.73 bits per heavy atom. The molecule has 0 aliphatic carbocycles. The third-order valence-corrected chi connectivity index (χ3v) is 6.07. The van der Waals surface area contributed by atoms with Crippen LogP contribution >= 0.6 is 34.8 Å². The van der Waals surface area contributed by atoms with Crippen molar-refractivity contribution in [2.24, 2.45) is 0 Å². The molecule has 0 N–H and O–H groups in total. The van der Waals surface area contributed by atoms with Crippen molar-refractivity contribution in [2.45, 2.75) is 12.6 Å². The van der Waals surface area contributed by atoms with Crippen molar-refractivity contribution in [3.63, 3.8) is 0 Å². The van der Waals surface area contributed by atoms with Gasteiger partial charge in [-0.05, 0) is 48.0 Å². The van der Waals surface area contributed by atoms with Crippen molar-refractivity contribution in [1.82, 2.24) is 9.88 Å². The van der Waals surface area contributed by atoms with Gasteiger partial charge in [-0.1, -0.05) is 46.9 Å². The molecule has 4 rings (SSSR count). The van der Waals surface area contributed by atoms with Crippen LogP contribution < -0.4 is 4.90 Å². The molecule has 30 heavy (non-hydrogen) atoms. The smallest absolute Gasteiger partial charge is 0.101 e. The second kappa shape index (κ2) is 9.24. The summed E-state index contributed by atoms with van der Waals surface area (Å²) in [6.07, 6.45) is 1.62. The van der Waals surface area contributed by atoms with Gasteiger partial charge in [0.1, 0.15) is 6.07 Å². The normalized spacial score (nSPS) is 17.0. The molecule has 0 unspecified atom stereocenters. The number of aromatic nitrogens is 1. The van der Waals surface area contributed by atoms with Gasteiger partial charge in [0, 0.05) is 42.4 Å². The molecule has 0 radical (unpaired) electrons. The molecule has 1 saturated heterocycles. The molecule has 1 aliphatic heterocycles. The van der Waals surface area contributed by atoms with E-state index in [9.17, 15) is 0 Å². The Hall–Kier alpha value is -2.29. The van der Waals surface area contributed by atoms with Crippen LogP contribution in [0.3, 0.4) is 0 Å². The van der Waals surface area contributed by atoms with Crippen molar-refractivity contribution in [2.75, 3.05) is 24.5 Å². The lowest BCUT2D eigenvalue weighted by atomic mass is 10.0. The van der Waals surface area contributed by atoms with Crippen molar-refractivity contribution < 1.29 is 0 Å². The molecule has 1 aliphatic rings. The average molecular weight is 458 g/mol. The number of hydrogen-bond acceptors (Lipinski definition) is 4. The van der Waals surface area contributed by atoms with Gasteiger partial charge in [0.05, 0.1) is 28.0 Å². The van der Waals surface area contributed by atoms with E-state index in [0.717, 1.165) is 37.6 Å². The highest BCUT2D eigenvalue weighted by Crippen LogP contribution is 2.37. The lowest BCUT2D eigenvalue weighted by Gasteiger charge is -2.43. The van der Waals surface area contributed by atoms with Crippen LogP contribution in [0.1, 0.15) is 22.9 Å². The van der Waals surface area contributed by atoms with Gasteiger partial charge >= 0.3 is 0 Å². The first-order valence-electron chi connectivity index (χ1n) is 9.58. The number of benzene rings is 2. The zero-order valence-corrected chi connectivity index (χ0v) is 18.4. The number of pyridine rings is 1. The number of hydrogen-bond donors (Lipinski definition) is 0. The van der Waals surface area contributed by atoms with E-state index < -0.39 is 0 Å². The van der Waals surface area contributed by atoms with Gasteiger partial charge in [-0.3, -0.25) is 9.88 Å². The van der Waals surface area contributed by atoms with Gasteiger partial charge in [-0.2, -0.15) is 5.26 Å². The van der Waals surface area contributed by atoms with Crippen LogP contribution in [0.25, 0.3) is 0 Å². The largest absolute Gasteiger partial charge is 0.361 e. The molecule has 0 bridgehead atoms. The number of nitrogens with zero attached hydrogens (tertiary/aromatic N) is 4. The topological polar surface area (TPSA) is 43.2 Å². The molecule has 0 spiro atoms. The van der Waals surface area contributed by atoms with E-state index in [1.165, 1.54) is 5.56 Å². The zero-order valence-electron chi connectivity index (χ0n) is 16.1. The first-order valence-corrected chi connectivity index (χ1v) is 10.7. The van der Waals surface area contributed by atoms with Crippen LogP contribution in [0.5, 0.6) is 0 Å². The Labute approximate surface area is 191 Å². The zero-order chi connectivity index (χ0) is 21.1. The molecular weight excluding hydrogens is 439 g/mol. The molecule has 3 aromatic rings. The van der Waals surface area contributed by atoms with Gasteiger partial charge < -0.3 is 4.90 Å². The summed E-state index contributed by atoms with van der Waals surface area (Å²) in [5.74, 6) is 0. The van der Waals surface area contributed by atoms with E-state index in [2.05, 4.69) is 33.0 Å². The first kappa shape index (κ1) is 21.0. The summed E-state index contributed by atoms with van der Waals surface area (Å²) in [6.45, 7) is 3.20. The molecule has 0 saturated carbocycles. The molecule has 1 atom stereocenters. The summed E-state index contributed by atoms with van der Waals surface area (Å²) in [6, 6.07) is 19.5. The van der Waals surface area contributed by atoms with Gasteiger partial charge in [0.25, 0.3) is 0 Å². The predicted molar refractivity (Wildman–Crippen MR) is 122 cm³/mol. The fraction of sp³-hybridized carbons (Fsp3) is 0.217. The van der Waals surface area contributed by atoms with E-state index in [0.29, 0.717) is 20.6 Å². The highest BCUT2D eigenvalue weighted by molar-refractivity contribution is 6.36. The fourth-order valence-electron chi connectivity index (χ4n) is 3.77. The maximum atomic E-state index is 8.97. The first-order chi connectivity index (χ1) is 14.5. The number of rotatable bonds is 4. The molecule has 0 amide bonds. The Morgan fingerprint density at radius 1 is 0.967 bits per heavy atom. The van der Waals surface area contributed by atoms with E-state index >= 15 is 0 Å². The second-order valence-electron chi connectivity index (χ2n) is 7.24. The maximum Gasteiger partial charge on any atom is 0.101 e. The SMILES string of the molecule is N#Cc1ccc(CN2CCN(c3ccc(Cl)cc3Cl)[C@H](c3ccc(Cl)cc3)C2)nc1. The van der Waals surface area contributed by atoms with Crippen LogP contribution in [0, 0.1) is 11.3 Å². The molecular formula is C23H19Cl3N4. The van der Waals surface area contributed by atoms with Crippen molar-refractivity contribution in [1.29, 1.82) is 5.26 Å². The molecule has 1 fully saturated rings. The standard InChI is InChI=1S/C23H19Cl3N4/c24-18-4-2-17(3-5-18)23-15-29(14-20-7-1-16(12-27)13-28-20)9-10-30(23)22-8-6-19(25)11-21(22)26/h1-8,11,13,23H,9-10,14-15H2/t23-/m0/s1. The number of piperazine rings is 1.